The normalized spacial score (nSPS) is 22.7. The summed E-state index contributed by atoms with van der Waals surface area (Å²) >= 11 is 0. The van der Waals surface area contributed by atoms with Gasteiger partial charge in [0.05, 0.1) is 18.7 Å². The number of hydrogen-bond acceptors (Lipinski definition) is 5. The number of nitrogens with zero attached hydrogens (tertiary/aromatic N) is 1. The highest BCUT2D eigenvalue weighted by molar-refractivity contribution is 5.90. The molecule has 0 aromatic heterocycles. The molecule has 3 heterocycles. The largest absolute Gasteiger partial charge is 0.466 e. The van der Waals surface area contributed by atoms with Gasteiger partial charge in [0, 0.05) is 13.1 Å². The van der Waals surface area contributed by atoms with E-state index in [4.69, 9.17) is 14.2 Å². The van der Waals surface area contributed by atoms with Crippen molar-refractivity contribution in [3.05, 3.63) is 47.1 Å². The average Bonchev–Trinajstić information content (AvgIpc) is 2.98. The van der Waals surface area contributed by atoms with Crippen LogP contribution in [-0.2, 0) is 16.0 Å². The van der Waals surface area contributed by atoms with Gasteiger partial charge in [-0.25, -0.2) is 4.79 Å². The standard InChI is InChI=1S/C17H17NO4/c1-10-5-12(17(19)20-2)8-18-4-3-11-6-14-15(22-9-21-14)7-13(11)16(10)18/h5-7,16H,1,3-4,8-9H2,2H3. The quantitative estimate of drug-likeness (QED) is 0.742. The van der Waals surface area contributed by atoms with Gasteiger partial charge in [-0.05, 0) is 41.3 Å². The maximum Gasteiger partial charge on any atom is 0.335 e. The minimum atomic E-state index is -0.281. The molecule has 114 valence electrons. The SMILES string of the molecule is C=C1C=C(C(=O)OC)CN2CCc3cc4c(cc3C12)OCO4. The van der Waals surface area contributed by atoms with Crippen molar-refractivity contribution < 1.29 is 19.0 Å². The van der Waals surface area contributed by atoms with Crippen LogP contribution in [0.25, 0.3) is 0 Å². The third-order valence-electron chi connectivity index (χ3n) is 4.49. The van der Waals surface area contributed by atoms with Crippen molar-refractivity contribution in [2.24, 2.45) is 0 Å². The molecule has 1 atom stereocenters. The van der Waals surface area contributed by atoms with Gasteiger partial charge in [-0.15, -0.1) is 0 Å². The van der Waals surface area contributed by atoms with Crippen molar-refractivity contribution in [2.45, 2.75) is 12.5 Å². The summed E-state index contributed by atoms with van der Waals surface area (Å²) in [7, 11) is 1.41. The maximum absolute atomic E-state index is 11.8. The van der Waals surface area contributed by atoms with Crippen molar-refractivity contribution in [2.75, 3.05) is 27.0 Å². The maximum atomic E-state index is 11.8. The molecule has 0 aliphatic carbocycles. The second kappa shape index (κ2) is 4.88. The number of benzene rings is 1. The van der Waals surface area contributed by atoms with Crippen LogP contribution in [-0.4, -0.2) is 37.9 Å². The Balaban J connectivity index is 1.75. The summed E-state index contributed by atoms with van der Waals surface area (Å²) in [6.45, 7) is 5.90. The molecule has 3 aliphatic rings. The van der Waals surface area contributed by atoms with E-state index in [1.807, 2.05) is 6.08 Å². The second-order valence-corrected chi connectivity index (χ2v) is 5.76. The third-order valence-corrected chi connectivity index (χ3v) is 4.49. The van der Waals surface area contributed by atoms with Gasteiger partial charge < -0.3 is 14.2 Å². The average molecular weight is 299 g/mol. The summed E-state index contributed by atoms with van der Waals surface area (Å²) in [4.78, 5) is 14.1. The van der Waals surface area contributed by atoms with Crippen molar-refractivity contribution in [3.63, 3.8) is 0 Å². The van der Waals surface area contributed by atoms with Crippen LogP contribution in [0.5, 0.6) is 11.5 Å². The van der Waals surface area contributed by atoms with Crippen molar-refractivity contribution in [3.8, 4) is 11.5 Å². The van der Waals surface area contributed by atoms with Crippen LogP contribution in [0.4, 0.5) is 0 Å². The molecule has 5 heteroatoms. The summed E-state index contributed by atoms with van der Waals surface area (Å²) in [6.07, 6.45) is 2.77. The van der Waals surface area contributed by atoms with Gasteiger partial charge in [-0.1, -0.05) is 6.58 Å². The lowest BCUT2D eigenvalue weighted by Gasteiger charge is -2.40. The lowest BCUT2D eigenvalue weighted by molar-refractivity contribution is -0.136. The number of ether oxygens (including phenoxy) is 3. The van der Waals surface area contributed by atoms with E-state index in [0.717, 1.165) is 30.0 Å². The number of carbonyl (C=O) groups excluding carboxylic acids is 1. The van der Waals surface area contributed by atoms with E-state index in [1.165, 1.54) is 18.2 Å². The molecule has 3 aliphatic heterocycles. The van der Waals surface area contributed by atoms with E-state index in [2.05, 4.69) is 23.6 Å². The number of methoxy groups -OCH3 is 1. The minimum absolute atomic E-state index is 0.0895. The number of carbonyl (C=O) groups is 1. The first kappa shape index (κ1) is 13.4. The van der Waals surface area contributed by atoms with Crippen LogP contribution in [0.15, 0.2) is 35.9 Å². The number of hydrogen-bond donors (Lipinski definition) is 0. The number of rotatable bonds is 1. The van der Waals surface area contributed by atoms with Crippen LogP contribution < -0.4 is 9.47 Å². The smallest absolute Gasteiger partial charge is 0.335 e. The first-order chi connectivity index (χ1) is 10.7. The van der Waals surface area contributed by atoms with Gasteiger partial charge >= 0.3 is 5.97 Å². The molecule has 0 saturated carbocycles. The van der Waals surface area contributed by atoms with Gasteiger partial charge in [0.2, 0.25) is 6.79 Å². The predicted octanol–water partition coefficient (Wildman–Crippen LogP) is 1.98. The Bertz CT molecular complexity index is 707. The fourth-order valence-corrected chi connectivity index (χ4v) is 3.49. The van der Waals surface area contributed by atoms with E-state index in [1.54, 1.807) is 0 Å². The molecule has 0 spiro atoms. The Kier molecular flexibility index (Phi) is 2.97. The zero-order valence-electron chi connectivity index (χ0n) is 12.4. The molecule has 1 unspecified atom stereocenters. The zero-order chi connectivity index (χ0) is 15.3. The molecule has 0 fully saturated rings. The van der Waals surface area contributed by atoms with Crippen molar-refractivity contribution in [1.82, 2.24) is 4.90 Å². The van der Waals surface area contributed by atoms with Crippen LogP contribution in [0.3, 0.4) is 0 Å². The van der Waals surface area contributed by atoms with Crippen molar-refractivity contribution in [1.29, 1.82) is 0 Å². The minimum Gasteiger partial charge on any atom is -0.466 e. The summed E-state index contributed by atoms with van der Waals surface area (Å²) in [6, 6.07) is 4.21. The summed E-state index contributed by atoms with van der Waals surface area (Å²) in [5, 5.41) is 0. The molecule has 5 nitrogen and oxygen atoms in total. The van der Waals surface area contributed by atoms with E-state index in [0.29, 0.717) is 12.1 Å². The Hall–Kier alpha value is -2.27. The lowest BCUT2D eigenvalue weighted by atomic mass is 9.85. The fourth-order valence-electron chi connectivity index (χ4n) is 3.49. The van der Waals surface area contributed by atoms with Crippen LogP contribution in [0, 0.1) is 0 Å². The predicted molar refractivity (Wildman–Crippen MR) is 79.8 cm³/mol. The first-order valence-corrected chi connectivity index (χ1v) is 7.31. The van der Waals surface area contributed by atoms with E-state index >= 15 is 0 Å². The first-order valence-electron chi connectivity index (χ1n) is 7.31. The van der Waals surface area contributed by atoms with Gasteiger partial charge in [0.1, 0.15) is 0 Å². The fraction of sp³-hybridized carbons (Fsp3) is 0.353. The molecule has 4 rings (SSSR count). The topological polar surface area (TPSA) is 48.0 Å². The molecule has 0 amide bonds. The molecular weight excluding hydrogens is 282 g/mol. The number of fused-ring (bicyclic) bond motifs is 4. The van der Waals surface area contributed by atoms with Gasteiger partial charge in [-0.2, -0.15) is 0 Å². The molecule has 0 saturated heterocycles. The Labute approximate surface area is 128 Å². The third kappa shape index (κ3) is 1.93. The summed E-state index contributed by atoms with van der Waals surface area (Å²) in [5.41, 5.74) is 4.03. The van der Waals surface area contributed by atoms with Gasteiger partial charge in [0.25, 0.3) is 0 Å². The van der Waals surface area contributed by atoms with Crippen LogP contribution >= 0.6 is 0 Å². The molecule has 22 heavy (non-hydrogen) atoms. The highest BCUT2D eigenvalue weighted by Crippen LogP contribution is 2.44. The molecule has 0 radical (unpaired) electrons. The Morgan fingerprint density at radius 3 is 2.91 bits per heavy atom. The monoisotopic (exact) mass is 299 g/mol. The molecule has 1 aromatic rings. The van der Waals surface area contributed by atoms with Gasteiger partial charge in [0.15, 0.2) is 11.5 Å². The Morgan fingerprint density at radius 2 is 2.14 bits per heavy atom. The van der Waals surface area contributed by atoms with Gasteiger partial charge in [-0.3, -0.25) is 4.90 Å². The highest BCUT2D eigenvalue weighted by atomic mass is 16.7. The lowest BCUT2D eigenvalue weighted by Crippen LogP contribution is -2.41. The van der Waals surface area contributed by atoms with E-state index < -0.39 is 0 Å². The zero-order valence-corrected chi connectivity index (χ0v) is 12.4. The molecule has 0 bridgehead atoms. The summed E-state index contributed by atoms with van der Waals surface area (Å²) in [5.74, 6) is 1.33. The van der Waals surface area contributed by atoms with Crippen LogP contribution in [0.2, 0.25) is 0 Å². The molecule has 0 N–H and O–H groups in total. The highest BCUT2D eigenvalue weighted by Gasteiger charge is 2.35. The van der Waals surface area contributed by atoms with E-state index in [9.17, 15) is 4.79 Å². The number of esters is 1. The van der Waals surface area contributed by atoms with Crippen molar-refractivity contribution >= 4 is 5.97 Å². The summed E-state index contributed by atoms with van der Waals surface area (Å²) < 4.78 is 15.8. The molecule has 1 aromatic carbocycles. The molecular formula is C17H17NO4. The second-order valence-electron chi connectivity index (χ2n) is 5.76. The Morgan fingerprint density at radius 1 is 1.36 bits per heavy atom. The van der Waals surface area contributed by atoms with Crippen LogP contribution in [0.1, 0.15) is 17.2 Å². The van der Waals surface area contributed by atoms with E-state index in [-0.39, 0.29) is 18.8 Å².